The van der Waals surface area contributed by atoms with Gasteiger partial charge in [0.05, 0.1) is 11.6 Å². The van der Waals surface area contributed by atoms with Gasteiger partial charge in [-0.3, -0.25) is 4.90 Å². The Hall–Kier alpha value is -1.95. The van der Waals surface area contributed by atoms with Gasteiger partial charge in [-0.15, -0.1) is 5.10 Å². The maximum atomic E-state index is 4.47. The molecule has 2 aromatic rings. The monoisotopic (exact) mass is 384 g/mol. The highest BCUT2D eigenvalue weighted by Gasteiger charge is 2.32. The van der Waals surface area contributed by atoms with Crippen LogP contribution in [0.3, 0.4) is 0 Å². The van der Waals surface area contributed by atoms with Crippen molar-refractivity contribution in [2.45, 2.75) is 72.4 Å². The van der Waals surface area contributed by atoms with Gasteiger partial charge in [0.25, 0.3) is 0 Å². The van der Waals surface area contributed by atoms with Crippen LogP contribution in [0.25, 0.3) is 0 Å². The summed E-state index contributed by atoms with van der Waals surface area (Å²) in [4.78, 5) is 5.11. The Morgan fingerprint density at radius 3 is 2.43 bits per heavy atom. The summed E-state index contributed by atoms with van der Waals surface area (Å²) in [6.45, 7) is 17.5. The lowest BCUT2D eigenvalue weighted by Gasteiger charge is -2.41. The number of hydrogen-bond acceptors (Lipinski definition) is 5. The van der Waals surface area contributed by atoms with Gasteiger partial charge >= 0.3 is 0 Å². The molecule has 1 aliphatic rings. The number of anilines is 1. The molecule has 6 nitrogen and oxygen atoms in total. The molecule has 1 aromatic heterocycles. The van der Waals surface area contributed by atoms with Gasteiger partial charge in [0, 0.05) is 31.9 Å². The largest absolute Gasteiger partial charge is 0.369 e. The number of nitrogens with zero attached hydrogens (tertiary/aromatic N) is 6. The fraction of sp³-hybridized carbons (Fsp3) is 0.682. The zero-order valence-electron chi connectivity index (χ0n) is 18.4. The Labute approximate surface area is 169 Å². The first-order valence-corrected chi connectivity index (χ1v) is 10.7. The number of benzene rings is 1. The van der Waals surface area contributed by atoms with E-state index in [1.807, 2.05) is 0 Å². The Bertz CT molecular complexity index is 773. The highest BCUT2D eigenvalue weighted by Crippen LogP contribution is 2.31. The van der Waals surface area contributed by atoms with Crippen LogP contribution in [0, 0.1) is 13.8 Å². The Kier molecular flexibility index (Phi) is 6.38. The van der Waals surface area contributed by atoms with Crippen LogP contribution in [0.4, 0.5) is 5.69 Å². The second-order valence-corrected chi connectivity index (χ2v) is 8.66. The molecule has 6 heteroatoms. The van der Waals surface area contributed by atoms with Crippen molar-refractivity contribution < 1.29 is 0 Å². The van der Waals surface area contributed by atoms with Gasteiger partial charge in [0.2, 0.25) is 0 Å². The minimum Gasteiger partial charge on any atom is -0.369 e. The summed E-state index contributed by atoms with van der Waals surface area (Å²) in [6.07, 6.45) is 3.22. The molecule has 154 valence electrons. The Morgan fingerprint density at radius 1 is 1.07 bits per heavy atom. The molecule has 1 saturated heterocycles. The first-order chi connectivity index (χ1) is 13.4. The highest BCUT2D eigenvalue weighted by molar-refractivity contribution is 5.56. The number of aryl methyl sites for hydroxylation is 1. The third kappa shape index (κ3) is 4.07. The molecular formula is C22H36N6. The van der Waals surface area contributed by atoms with Crippen LogP contribution in [-0.2, 0) is 5.54 Å². The quantitative estimate of drug-likeness (QED) is 0.719. The summed E-state index contributed by atoms with van der Waals surface area (Å²) in [6, 6.07) is 6.91. The lowest BCUT2D eigenvalue weighted by atomic mass is 10.0. The molecule has 0 N–H and O–H groups in total. The smallest absolute Gasteiger partial charge is 0.168 e. The van der Waals surface area contributed by atoms with E-state index in [9.17, 15) is 0 Å². The predicted octanol–water partition coefficient (Wildman–Crippen LogP) is 4.10. The van der Waals surface area contributed by atoms with Crippen LogP contribution in [-0.4, -0.2) is 51.3 Å². The predicted molar refractivity (Wildman–Crippen MR) is 115 cm³/mol. The number of hydrogen-bond donors (Lipinski definition) is 0. The van der Waals surface area contributed by atoms with Gasteiger partial charge in [-0.05, 0) is 68.2 Å². The number of rotatable bonds is 7. The summed E-state index contributed by atoms with van der Waals surface area (Å²) in [5.74, 6) is 1.02. The summed E-state index contributed by atoms with van der Waals surface area (Å²) in [7, 11) is 0. The SMILES string of the molecule is CCC[C@H](c1nnnn1C(C)(C)CC)N1CCN(c2cccc(C)c2C)CC1. The topological polar surface area (TPSA) is 50.1 Å². The zero-order chi connectivity index (χ0) is 20.3. The Morgan fingerprint density at radius 2 is 1.79 bits per heavy atom. The van der Waals surface area contributed by atoms with Crippen LogP contribution < -0.4 is 4.90 Å². The molecule has 0 bridgehead atoms. The molecule has 1 aliphatic heterocycles. The fourth-order valence-electron chi connectivity index (χ4n) is 4.08. The molecule has 2 heterocycles. The van der Waals surface area contributed by atoms with E-state index >= 15 is 0 Å². The average molecular weight is 385 g/mol. The number of piperazine rings is 1. The van der Waals surface area contributed by atoms with E-state index in [1.54, 1.807) is 0 Å². The number of aromatic nitrogens is 4. The van der Waals surface area contributed by atoms with Crippen molar-refractivity contribution >= 4 is 5.69 Å². The van der Waals surface area contributed by atoms with E-state index in [2.05, 4.69) is 89.7 Å². The van der Waals surface area contributed by atoms with Crippen molar-refractivity contribution in [1.29, 1.82) is 0 Å². The molecule has 1 fully saturated rings. The number of tetrazole rings is 1. The second kappa shape index (κ2) is 8.60. The average Bonchev–Trinajstić information content (AvgIpc) is 3.19. The third-order valence-corrected chi connectivity index (χ3v) is 6.46. The standard InChI is InChI=1S/C22H36N6/c1-7-10-20(21-23-24-25-28(21)22(5,6)8-2)27-15-13-26(14-16-27)19-12-9-11-17(3)18(19)4/h9,11-12,20H,7-8,10,13-16H2,1-6H3/t20-/m1/s1. The van der Waals surface area contributed by atoms with Crippen molar-refractivity contribution in [2.75, 3.05) is 31.1 Å². The highest BCUT2D eigenvalue weighted by atomic mass is 15.6. The summed E-state index contributed by atoms with van der Waals surface area (Å²) in [5, 5.41) is 12.9. The molecule has 1 aromatic carbocycles. The molecule has 0 spiro atoms. The first-order valence-electron chi connectivity index (χ1n) is 10.7. The van der Waals surface area contributed by atoms with Gasteiger partial charge in [0.1, 0.15) is 0 Å². The van der Waals surface area contributed by atoms with E-state index in [0.717, 1.165) is 51.3 Å². The van der Waals surface area contributed by atoms with Gasteiger partial charge in [0.15, 0.2) is 5.82 Å². The molecule has 0 radical (unpaired) electrons. The van der Waals surface area contributed by atoms with E-state index < -0.39 is 0 Å². The molecule has 1 atom stereocenters. The van der Waals surface area contributed by atoms with Gasteiger partial charge in [-0.2, -0.15) is 0 Å². The normalized spacial score (nSPS) is 17.1. The molecule has 3 rings (SSSR count). The molecule has 0 unspecified atom stereocenters. The van der Waals surface area contributed by atoms with E-state index in [0.29, 0.717) is 0 Å². The fourth-order valence-corrected chi connectivity index (χ4v) is 4.08. The van der Waals surface area contributed by atoms with E-state index in [-0.39, 0.29) is 11.6 Å². The van der Waals surface area contributed by atoms with Gasteiger partial charge in [-0.1, -0.05) is 32.4 Å². The van der Waals surface area contributed by atoms with Gasteiger partial charge < -0.3 is 4.90 Å². The van der Waals surface area contributed by atoms with Crippen LogP contribution >= 0.6 is 0 Å². The molecular weight excluding hydrogens is 348 g/mol. The van der Waals surface area contributed by atoms with Crippen molar-refractivity contribution in [3.8, 4) is 0 Å². The Balaban J connectivity index is 1.78. The second-order valence-electron chi connectivity index (χ2n) is 8.66. The maximum absolute atomic E-state index is 4.47. The van der Waals surface area contributed by atoms with Crippen LogP contribution in [0.15, 0.2) is 18.2 Å². The molecule has 0 amide bonds. The molecule has 0 aliphatic carbocycles. The zero-order valence-corrected chi connectivity index (χ0v) is 18.4. The third-order valence-electron chi connectivity index (χ3n) is 6.46. The molecule has 0 saturated carbocycles. The van der Waals surface area contributed by atoms with Crippen molar-refractivity contribution in [3.63, 3.8) is 0 Å². The molecule has 28 heavy (non-hydrogen) atoms. The summed E-state index contributed by atoms with van der Waals surface area (Å²) >= 11 is 0. The van der Waals surface area contributed by atoms with Gasteiger partial charge in [-0.25, -0.2) is 4.68 Å². The van der Waals surface area contributed by atoms with Crippen LogP contribution in [0.1, 0.15) is 70.0 Å². The lowest BCUT2D eigenvalue weighted by molar-refractivity contribution is 0.153. The minimum atomic E-state index is -0.0642. The summed E-state index contributed by atoms with van der Waals surface area (Å²) < 4.78 is 2.06. The van der Waals surface area contributed by atoms with Crippen molar-refractivity contribution in [1.82, 2.24) is 25.1 Å². The minimum absolute atomic E-state index is 0.0642. The van der Waals surface area contributed by atoms with Crippen LogP contribution in [0.5, 0.6) is 0 Å². The lowest BCUT2D eigenvalue weighted by Crippen LogP contribution is -2.48. The van der Waals surface area contributed by atoms with Crippen molar-refractivity contribution in [3.05, 3.63) is 35.2 Å². The van der Waals surface area contributed by atoms with Crippen molar-refractivity contribution in [2.24, 2.45) is 0 Å². The van der Waals surface area contributed by atoms with Crippen LogP contribution in [0.2, 0.25) is 0 Å². The van der Waals surface area contributed by atoms with E-state index in [4.69, 9.17) is 0 Å². The first kappa shape index (κ1) is 20.8. The van der Waals surface area contributed by atoms with E-state index in [1.165, 1.54) is 16.8 Å². The maximum Gasteiger partial charge on any atom is 0.168 e. The summed E-state index contributed by atoms with van der Waals surface area (Å²) in [5.41, 5.74) is 4.08.